The van der Waals surface area contributed by atoms with Crippen LogP contribution in [0.1, 0.15) is 30.9 Å². The first-order valence-electron chi connectivity index (χ1n) is 7.60. The summed E-state index contributed by atoms with van der Waals surface area (Å²) in [5.41, 5.74) is 1.75. The van der Waals surface area contributed by atoms with E-state index in [1.807, 2.05) is 18.2 Å². The number of hydrogen-bond donors (Lipinski definition) is 1. The standard InChI is InChI=1S/C16H23N3O2S/c1-3-5-15-11-19(12-16(15)18-22(2,20)21)10-14-7-4-6-13(8-14)9-17/h4,6-8,15-16,18H,3,5,10-12H2,1-2H3/t15-,16-/m0/s1. The van der Waals surface area contributed by atoms with Crippen molar-refractivity contribution in [2.45, 2.75) is 32.4 Å². The lowest BCUT2D eigenvalue weighted by Gasteiger charge is -2.17. The van der Waals surface area contributed by atoms with Crippen LogP contribution in [0, 0.1) is 17.2 Å². The fraction of sp³-hybridized carbons (Fsp3) is 0.562. The highest BCUT2D eigenvalue weighted by Crippen LogP contribution is 2.24. The Kier molecular flexibility index (Phi) is 5.57. The summed E-state index contributed by atoms with van der Waals surface area (Å²) in [5.74, 6) is 0.346. The summed E-state index contributed by atoms with van der Waals surface area (Å²) in [6.45, 7) is 4.47. The van der Waals surface area contributed by atoms with Gasteiger partial charge in [0.15, 0.2) is 0 Å². The Labute approximate surface area is 133 Å². The highest BCUT2D eigenvalue weighted by atomic mass is 32.2. The molecule has 0 bridgehead atoms. The first-order valence-corrected chi connectivity index (χ1v) is 9.49. The maximum atomic E-state index is 11.5. The van der Waals surface area contributed by atoms with Gasteiger partial charge in [0.05, 0.1) is 17.9 Å². The third kappa shape index (κ3) is 4.80. The molecular formula is C16H23N3O2S. The predicted molar refractivity (Wildman–Crippen MR) is 86.6 cm³/mol. The lowest BCUT2D eigenvalue weighted by Crippen LogP contribution is -2.39. The molecule has 1 aromatic rings. The second kappa shape index (κ2) is 7.23. The molecule has 2 atom stereocenters. The smallest absolute Gasteiger partial charge is 0.209 e. The van der Waals surface area contributed by atoms with E-state index >= 15 is 0 Å². The summed E-state index contributed by atoms with van der Waals surface area (Å²) in [7, 11) is -3.19. The molecule has 120 valence electrons. The molecule has 22 heavy (non-hydrogen) atoms. The van der Waals surface area contributed by atoms with Crippen molar-refractivity contribution in [1.29, 1.82) is 5.26 Å². The van der Waals surface area contributed by atoms with Gasteiger partial charge >= 0.3 is 0 Å². The quantitative estimate of drug-likeness (QED) is 0.865. The Hall–Kier alpha value is -1.42. The first-order chi connectivity index (χ1) is 10.4. The van der Waals surface area contributed by atoms with Crippen LogP contribution in [0.15, 0.2) is 24.3 Å². The van der Waals surface area contributed by atoms with Gasteiger partial charge in [-0.15, -0.1) is 0 Å². The summed E-state index contributed by atoms with van der Waals surface area (Å²) >= 11 is 0. The molecule has 1 heterocycles. The Morgan fingerprint density at radius 2 is 2.18 bits per heavy atom. The van der Waals surface area contributed by atoms with Crippen molar-refractivity contribution in [3.05, 3.63) is 35.4 Å². The van der Waals surface area contributed by atoms with E-state index in [1.165, 1.54) is 6.26 Å². The third-order valence-electron chi connectivity index (χ3n) is 4.00. The van der Waals surface area contributed by atoms with Gasteiger partial charge in [-0.2, -0.15) is 5.26 Å². The van der Waals surface area contributed by atoms with E-state index in [4.69, 9.17) is 5.26 Å². The number of likely N-dealkylation sites (tertiary alicyclic amines) is 1. The van der Waals surface area contributed by atoms with Gasteiger partial charge in [-0.1, -0.05) is 25.5 Å². The van der Waals surface area contributed by atoms with Gasteiger partial charge in [-0.05, 0) is 30.0 Å². The molecule has 1 aliphatic rings. The lowest BCUT2D eigenvalue weighted by molar-refractivity contribution is 0.312. The van der Waals surface area contributed by atoms with E-state index in [0.717, 1.165) is 31.5 Å². The van der Waals surface area contributed by atoms with E-state index < -0.39 is 10.0 Å². The molecule has 0 unspecified atom stereocenters. The van der Waals surface area contributed by atoms with Crippen LogP contribution >= 0.6 is 0 Å². The molecule has 1 saturated heterocycles. The molecule has 0 saturated carbocycles. The molecule has 0 aromatic heterocycles. The zero-order chi connectivity index (χ0) is 16.2. The predicted octanol–water partition coefficient (Wildman–Crippen LogP) is 1.71. The van der Waals surface area contributed by atoms with Gasteiger partial charge in [0.2, 0.25) is 10.0 Å². The largest absolute Gasteiger partial charge is 0.297 e. The Morgan fingerprint density at radius 3 is 2.82 bits per heavy atom. The minimum Gasteiger partial charge on any atom is -0.297 e. The summed E-state index contributed by atoms with van der Waals surface area (Å²) < 4.78 is 25.8. The Morgan fingerprint density at radius 1 is 1.41 bits per heavy atom. The average molecular weight is 321 g/mol. The van der Waals surface area contributed by atoms with Crippen LogP contribution in [0.2, 0.25) is 0 Å². The molecule has 1 fully saturated rings. The van der Waals surface area contributed by atoms with Gasteiger partial charge < -0.3 is 0 Å². The molecule has 0 aliphatic carbocycles. The second-order valence-electron chi connectivity index (χ2n) is 6.05. The highest BCUT2D eigenvalue weighted by Gasteiger charge is 2.33. The number of sulfonamides is 1. The zero-order valence-electron chi connectivity index (χ0n) is 13.1. The van der Waals surface area contributed by atoms with Crippen molar-refractivity contribution in [1.82, 2.24) is 9.62 Å². The van der Waals surface area contributed by atoms with Gasteiger partial charge in [0.25, 0.3) is 0 Å². The Bertz CT molecular complexity index is 652. The van der Waals surface area contributed by atoms with Crippen LogP contribution in [0.25, 0.3) is 0 Å². The molecule has 1 N–H and O–H groups in total. The number of benzene rings is 1. The van der Waals surface area contributed by atoms with E-state index in [1.54, 1.807) is 6.07 Å². The molecular weight excluding hydrogens is 298 g/mol. The second-order valence-corrected chi connectivity index (χ2v) is 7.83. The monoisotopic (exact) mass is 321 g/mol. The van der Waals surface area contributed by atoms with E-state index in [2.05, 4.69) is 22.6 Å². The molecule has 1 aliphatic heterocycles. The first kappa shape index (κ1) is 16.9. The summed E-state index contributed by atoms with van der Waals surface area (Å²) in [6.07, 6.45) is 3.28. The minimum atomic E-state index is -3.19. The van der Waals surface area contributed by atoms with Crippen molar-refractivity contribution >= 4 is 10.0 Å². The minimum absolute atomic E-state index is 0.0194. The lowest BCUT2D eigenvalue weighted by atomic mass is 9.99. The molecule has 5 nitrogen and oxygen atoms in total. The van der Waals surface area contributed by atoms with E-state index in [-0.39, 0.29) is 6.04 Å². The molecule has 6 heteroatoms. The SMILES string of the molecule is CCC[C@H]1CN(Cc2cccc(C#N)c2)C[C@@H]1NS(C)(=O)=O. The summed E-state index contributed by atoms with van der Waals surface area (Å²) in [6, 6.07) is 9.72. The van der Waals surface area contributed by atoms with Crippen molar-refractivity contribution in [3.8, 4) is 6.07 Å². The maximum Gasteiger partial charge on any atom is 0.209 e. The number of nitriles is 1. The molecule has 2 rings (SSSR count). The number of nitrogens with one attached hydrogen (secondary N) is 1. The van der Waals surface area contributed by atoms with Gasteiger partial charge in [-0.3, -0.25) is 4.90 Å². The van der Waals surface area contributed by atoms with Crippen molar-refractivity contribution in [3.63, 3.8) is 0 Å². The third-order valence-corrected chi connectivity index (χ3v) is 4.73. The van der Waals surface area contributed by atoms with Crippen molar-refractivity contribution in [2.75, 3.05) is 19.3 Å². The van der Waals surface area contributed by atoms with Crippen LogP contribution in [0.4, 0.5) is 0 Å². The van der Waals surface area contributed by atoms with E-state index in [9.17, 15) is 8.42 Å². The summed E-state index contributed by atoms with van der Waals surface area (Å²) in [5, 5.41) is 8.96. The van der Waals surface area contributed by atoms with Crippen LogP contribution in [0.5, 0.6) is 0 Å². The van der Waals surface area contributed by atoms with Gasteiger partial charge in [0.1, 0.15) is 0 Å². The van der Waals surface area contributed by atoms with Crippen LogP contribution in [-0.2, 0) is 16.6 Å². The van der Waals surface area contributed by atoms with Gasteiger partial charge in [-0.25, -0.2) is 13.1 Å². The van der Waals surface area contributed by atoms with E-state index in [0.29, 0.717) is 18.0 Å². The number of hydrogen-bond acceptors (Lipinski definition) is 4. The normalized spacial score (nSPS) is 22.6. The van der Waals surface area contributed by atoms with Crippen LogP contribution in [-0.4, -0.2) is 38.7 Å². The van der Waals surface area contributed by atoms with Crippen LogP contribution < -0.4 is 4.72 Å². The maximum absolute atomic E-state index is 11.5. The zero-order valence-corrected chi connectivity index (χ0v) is 13.9. The van der Waals surface area contributed by atoms with Crippen molar-refractivity contribution in [2.24, 2.45) is 5.92 Å². The fourth-order valence-corrected chi connectivity index (χ4v) is 3.98. The number of rotatable bonds is 6. The van der Waals surface area contributed by atoms with Crippen LogP contribution in [0.3, 0.4) is 0 Å². The molecule has 1 aromatic carbocycles. The summed E-state index contributed by atoms with van der Waals surface area (Å²) in [4.78, 5) is 2.26. The van der Waals surface area contributed by atoms with Gasteiger partial charge in [0, 0.05) is 25.7 Å². The molecule has 0 radical (unpaired) electrons. The fourth-order valence-electron chi connectivity index (χ4n) is 3.16. The highest BCUT2D eigenvalue weighted by molar-refractivity contribution is 7.88. The number of nitrogens with zero attached hydrogens (tertiary/aromatic N) is 2. The molecule has 0 amide bonds. The Balaban J connectivity index is 2.05. The topological polar surface area (TPSA) is 73.2 Å². The molecule has 0 spiro atoms. The average Bonchev–Trinajstić information content (AvgIpc) is 2.79. The van der Waals surface area contributed by atoms with Crippen molar-refractivity contribution < 1.29 is 8.42 Å².